The molecular weight excluding hydrogens is 268 g/mol. The van der Waals surface area contributed by atoms with E-state index < -0.39 is 0 Å². The van der Waals surface area contributed by atoms with Gasteiger partial charge in [-0.25, -0.2) is 0 Å². The van der Waals surface area contributed by atoms with Crippen molar-refractivity contribution in [3.63, 3.8) is 0 Å². The van der Waals surface area contributed by atoms with Crippen molar-refractivity contribution < 1.29 is 4.79 Å². The van der Waals surface area contributed by atoms with Crippen LogP contribution in [0.15, 0.2) is 0 Å². The summed E-state index contributed by atoms with van der Waals surface area (Å²) in [5.74, 6) is 3.22. The molecule has 118 valence electrons. The minimum atomic E-state index is 0.0381. The Hall–Kier alpha value is -0.220. The molecule has 1 aliphatic heterocycles. The average Bonchev–Trinajstić information content (AvgIpc) is 2.44. The second kappa shape index (κ2) is 10.5. The number of nitrogens with zero attached hydrogens (tertiary/aromatic N) is 1. The summed E-state index contributed by atoms with van der Waals surface area (Å²) in [5, 5.41) is 0. The minimum Gasteiger partial charge on any atom is -0.306 e. The van der Waals surface area contributed by atoms with Crippen LogP contribution < -0.4 is 4.72 Å². The fraction of sp³-hybridized carbons (Fsp3) is 0.938. The van der Waals surface area contributed by atoms with Gasteiger partial charge >= 0.3 is 0 Å². The fourth-order valence-electron chi connectivity index (χ4n) is 3.15. The lowest BCUT2D eigenvalue weighted by Crippen LogP contribution is -2.39. The van der Waals surface area contributed by atoms with Crippen molar-refractivity contribution >= 4 is 17.9 Å². The predicted molar refractivity (Wildman–Crippen MR) is 88.7 cm³/mol. The quantitative estimate of drug-likeness (QED) is 0.635. The maximum atomic E-state index is 10.3. The van der Waals surface area contributed by atoms with Gasteiger partial charge in [0.1, 0.15) is 0 Å². The first-order valence-electron chi connectivity index (χ1n) is 8.20. The highest BCUT2D eigenvalue weighted by atomic mass is 32.2. The average molecular weight is 301 g/mol. The topological polar surface area (TPSA) is 32.3 Å². The molecule has 2 fully saturated rings. The number of amides is 1. The summed E-state index contributed by atoms with van der Waals surface area (Å²) in [4.78, 5) is 12.8. The third kappa shape index (κ3) is 7.53. The maximum Gasteiger partial charge on any atom is 0.226 e. The molecule has 1 heterocycles. The summed E-state index contributed by atoms with van der Waals surface area (Å²) in [5.41, 5.74) is 0. The van der Waals surface area contributed by atoms with Crippen LogP contribution in [0.25, 0.3) is 0 Å². The molecule has 0 aromatic heterocycles. The lowest BCUT2D eigenvalue weighted by Gasteiger charge is -2.39. The van der Waals surface area contributed by atoms with E-state index in [9.17, 15) is 4.79 Å². The molecule has 1 saturated carbocycles. The number of likely N-dealkylation sites (tertiary alicyclic amines) is 1. The molecular formula is C16H32N2OS. The van der Waals surface area contributed by atoms with Crippen LogP contribution in [0.4, 0.5) is 0 Å². The van der Waals surface area contributed by atoms with Gasteiger partial charge in [-0.05, 0) is 44.7 Å². The van der Waals surface area contributed by atoms with Gasteiger partial charge in [0.25, 0.3) is 0 Å². The van der Waals surface area contributed by atoms with Crippen LogP contribution in [0.1, 0.15) is 58.8 Å². The Labute approximate surface area is 129 Å². The third-order valence-electron chi connectivity index (χ3n) is 4.31. The third-order valence-corrected chi connectivity index (χ3v) is 5.23. The molecule has 0 radical (unpaired) electrons. The van der Waals surface area contributed by atoms with Gasteiger partial charge < -0.3 is 9.62 Å². The van der Waals surface area contributed by atoms with Crippen molar-refractivity contribution in [1.82, 2.24) is 9.62 Å². The van der Waals surface area contributed by atoms with E-state index in [0.29, 0.717) is 0 Å². The number of carbonyl (C=O) groups is 1. The number of rotatable bonds is 4. The van der Waals surface area contributed by atoms with Gasteiger partial charge in [0.2, 0.25) is 5.91 Å². The Morgan fingerprint density at radius 3 is 2.60 bits per heavy atom. The molecule has 0 aromatic carbocycles. The molecule has 1 unspecified atom stereocenters. The number of hydrogen-bond donors (Lipinski definition) is 1. The van der Waals surface area contributed by atoms with Gasteiger partial charge in [-0.15, -0.1) is 0 Å². The molecule has 1 amide bonds. The van der Waals surface area contributed by atoms with E-state index in [1.54, 1.807) is 0 Å². The van der Waals surface area contributed by atoms with E-state index in [0.717, 1.165) is 17.6 Å². The van der Waals surface area contributed by atoms with Crippen molar-refractivity contribution in [2.24, 2.45) is 11.8 Å². The van der Waals surface area contributed by atoms with Gasteiger partial charge in [0.15, 0.2) is 0 Å². The summed E-state index contributed by atoms with van der Waals surface area (Å²) < 4.78 is 2.66. The van der Waals surface area contributed by atoms with Crippen molar-refractivity contribution in [3.8, 4) is 0 Å². The highest BCUT2D eigenvalue weighted by Crippen LogP contribution is 2.35. The smallest absolute Gasteiger partial charge is 0.226 e. The van der Waals surface area contributed by atoms with Gasteiger partial charge in [-0.2, -0.15) is 0 Å². The lowest BCUT2D eigenvalue weighted by molar-refractivity contribution is -0.117. The molecule has 0 aromatic rings. The molecule has 0 bridgehead atoms. The number of hydrogen-bond acceptors (Lipinski definition) is 3. The molecule has 2 aliphatic rings. The van der Waals surface area contributed by atoms with Crippen molar-refractivity contribution in [1.29, 1.82) is 0 Å². The maximum absolute atomic E-state index is 10.3. The summed E-state index contributed by atoms with van der Waals surface area (Å²) in [6.45, 7) is 6.39. The van der Waals surface area contributed by atoms with Gasteiger partial charge in [-0.1, -0.05) is 44.6 Å². The molecule has 2 atom stereocenters. The predicted octanol–water partition coefficient (Wildman–Crippen LogP) is 3.70. The Morgan fingerprint density at radius 1 is 1.25 bits per heavy atom. The Morgan fingerprint density at radius 2 is 1.95 bits per heavy atom. The largest absolute Gasteiger partial charge is 0.306 e. The molecule has 20 heavy (non-hydrogen) atoms. The normalized spacial score (nSPS) is 26.1. The highest BCUT2D eigenvalue weighted by molar-refractivity contribution is 7.97. The van der Waals surface area contributed by atoms with Crippen molar-refractivity contribution in [3.05, 3.63) is 0 Å². The number of fused-ring (bicyclic) bond motifs is 1. The first kappa shape index (κ1) is 17.8. The van der Waals surface area contributed by atoms with E-state index in [1.165, 1.54) is 76.9 Å². The van der Waals surface area contributed by atoms with Crippen molar-refractivity contribution in [2.45, 2.75) is 58.8 Å². The van der Waals surface area contributed by atoms with Crippen molar-refractivity contribution in [2.75, 3.05) is 25.9 Å². The first-order chi connectivity index (χ1) is 9.63. The second-order valence-corrected chi connectivity index (χ2v) is 7.12. The summed E-state index contributed by atoms with van der Waals surface area (Å²) >= 11 is 1.49. The van der Waals surface area contributed by atoms with E-state index in [1.807, 2.05) is 0 Å². The van der Waals surface area contributed by atoms with Crippen LogP contribution >= 0.6 is 11.9 Å². The van der Waals surface area contributed by atoms with E-state index in [4.69, 9.17) is 0 Å². The van der Waals surface area contributed by atoms with Crippen LogP contribution in [0.2, 0.25) is 0 Å². The summed E-state index contributed by atoms with van der Waals surface area (Å²) in [7, 11) is 2.27. The molecule has 4 heteroatoms. The van der Waals surface area contributed by atoms with E-state index in [-0.39, 0.29) is 5.91 Å². The second-order valence-electron chi connectivity index (χ2n) is 6.22. The number of unbranched alkanes of at least 4 members (excludes halogenated alkanes) is 1. The minimum absolute atomic E-state index is 0.0381. The zero-order valence-corrected chi connectivity index (χ0v) is 14.3. The first-order valence-corrected chi connectivity index (χ1v) is 9.19. The number of piperidine rings is 1. The van der Waals surface area contributed by atoms with Gasteiger partial charge in [-0.3, -0.25) is 4.79 Å². The van der Waals surface area contributed by atoms with Gasteiger partial charge in [0.05, 0.1) is 0 Å². The molecule has 2 rings (SSSR count). The highest BCUT2D eigenvalue weighted by Gasteiger charge is 2.29. The van der Waals surface area contributed by atoms with Crippen LogP contribution in [-0.2, 0) is 4.79 Å². The summed E-state index contributed by atoms with van der Waals surface area (Å²) in [6.07, 6.45) is 9.87. The van der Waals surface area contributed by atoms with Crippen LogP contribution in [0.5, 0.6) is 0 Å². The standard InChI is InChI=1S/C10H19N.C6H13NOS/c1-11-7-6-9-4-2-3-5-10(9)8-11;1-3-4-5-9-7-6(2)8/h9-10H,2-8H2,1H3;3-5H2,1-2H3,(H,7,8)/t9?,10-;/m1./s1. The molecule has 1 aliphatic carbocycles. The monoisotopic (exact) mass is 300 g/mol. The Bertz CT molecular complexity index is 273. The SMILES string of the molecule is CCCCSNC(C)=O.CN1CCC2CCCC[C@@H]2C1. The van der Waals surface area contributed by atoms with Gasteiger partial charge in [0, 0.05) is 19.2 Å². The number of carbonyl (C=O) groups excluding carboxylic acids is 1. The molecule has 1 N–H and O–H groups in total. The summed E-state index contributed by atoms with van der Waals surface area (Å²) in [6, 6.07) is 0. The molecule has 1 saturated heterocycles. The number of nitrogens with one attached hydrogen (secondary N) is 1. The van der Waals surface area contributed by atoms with E-state index >= 15 is 0 Å². The molecule has 3 nitrogen and oxygen atoms in total. The molecule has 0 spiro atoms. The zero-order valence-electron chi connectivity index (χ0n) is 13.5. The Balaban J connectivity index is 0.000000206. The van der Waals surface area contributed by atoms with E-state index in [2.05, 4.69) is 23.6 Å². The zero-order chi connectivity index (χ0) is 14.8. The van der Waals surface area contributed by atoms with Crippen LogP contribution in [0.3, 0.4) is 0 Å². The fourth-order valence-corrected chi connectivity index (χ4v) is 3.89. The van der Waals surface area contributed by atoms with Crippen LogP contribution in [-0.4, -0.2) is 36.7 Å². The Kier molecular flexibility index (Phi) is 9.36. The van der Waals surface area contributed by atoms with Crippen LogP contribution in [0, 0.1) is 11.8 Å². The lowest BCUT2D eigenvalue weighted by atomic mass is 9.75.